The molecule has 0 aromatic heterocycles. The molecule has 0 bridgehead atoms. The molecule has 0 saturated carbocycles. The van der Waals surface area contributed by atoms with E-state index in [-0.39, 0.29) is 29.9 Å². The fraction of sp³-hybridized carbons (Fsp3) is 0.286. The molecule has 0 radical (unpaired) electrons. The van der Waals surface area contributed by atoms with Crippen molar-refractivity contribution in [1.82, 2.24) is 0 Å². The predicted molar refractivity (Wildman–Crippen MR) is 130 cm³/mol. The third-order valence-corrected chi connectivity index (χ3v) is 6.44. The van der Waals surface area contributed by atoms with Gasteiger partial charge in [0.25, 0.3) is 0 Å². The standard InChI is InChI=1S/C28H26F3NO5/c1-27(2,22-11-19(30)4-8-24(22)33)15-28(36,12-16-9-18(29)3-7-23(16)31)13-25(34)32-20-5-6-21-17(10-20)14-37-26(21)35/h3-11,33,36H,12-15H2,1-2H3,(H,32,34). The fourth-order valence-corrected chi connectivity index (χ4v) is 4.90. The Labute approximate surface area is 211 Å². The largest absolute Gasteiger partial charge is 0.508 e. The molecule has 1 aliphatic rings. The summed E-state index contributed by atoms with van der Waals surface area (Å²) in [5.74, 6) is -3.34. The maximum absolute atomic E-state index is 14.5. The lowest BCUT2D eigenvalue weighted by Gasteiger charge is -2.37. The van der Waals surface area contributed by atoms with Crippen LogP contribution in [0.4, 0.5) is 18.9 Å². The summed E-state index contributed by atoms with van der Waals surface area (Å²) in [7, 11) is 0. The number of carbonyl (C=O) groups is 2. The highest BCUT2D eigenvalue weighted by molar-refractivity contribution is 5.96. The molecule has 0 saturated heterocycles. The molecule has 9 heteroatoms. The van der Waals surface area contributed by atoms with Crippen LogP contribution in [0.3, 0.4) is 0 Å². The van der Waals surface area contributed by atoms with Crippen molar-refractivity contribution in [3.63, 3.8) is 0 Å². The highest BCUT2D eigenvalue weighted by Gasteiger charge is 2.39. The van der Waals surface area contributed by atoms with Crippen molar-refractivity contribution in [2.24, 2.45) is 0 Å². The molecule has 1 unspecified atom stereocenters. The number of halogens is 3. The number of amides is 1. The van der Waals surface area contributed by atoms with Gasteiger partial charge in [-0.25, -0.2) is 18.0 Å². The first-order valence-electron chi connectivity index (χ1n) is 11.6. The predicted octanol–water partition coefficient (Wildman–Crippen LogP) is 5.15. The molecule has 0 fully saturated rings. The van der Waals surface area contributed by atoms with Crippen molar-refractivity contribution >= 4 is 17.6 Å². The number of nitrogens with one attached hydrogen (secondary N) is 1. The molecule has 6 nitrogen and oxygen atoms in total. The van der Waals surface area contributed by atoms with Gasteiger partial charge in [0, 0.05) is 23.2 Å². The van der Waals surface area contributed by atoms with E-state index < -0.39 is 53.2 Å². The number of phenolic OH excluding ortho intramolecular Hbond substituents is 1. The molecule has 4 rings (SSSR count). The molecule has 1 aliphatic heterocycles. The topological polar surface area (TPSA) is 95.9 Å². The monoisotopic (exact) mass is 513 g/mol. The lowest BCUT2D eigenvalue weighted by Crippen LogP contribution is -2.42. The van der Waals surface area contributed by atoms with Gasteiger partial charge in [-0.15, -0.1) is 0 Å². The number of carbonyl (C=O) groups excluding carboxylic acids is 2. The van der Waals surface area contributed by atoms with E-state index in [1.807, 2.05) is 0 Å². The Hall–Kier alpha value is -3.85. The number of ether oxygens (including phenoxy) is 1. The van der Waals surface area contributed by atoms with Crippen LogP contribution < -0.4 is 5.32 Å². The second-order valence-corrected chi connectivity index (χ2v) is 10.0. The summed E-state index contributed by atoms with van der Waals surface area (Å²) in [5, 5.41) is 24.7. The van der Waals surface area contributed by atoms with E-state index >= 15 is 0 Å². The number of aliphatic hydroxyl groups is 1. The van der Waals surface area contributed by atoms with Crippen molar-refractivity contribution < 1.29 is 37.7 Å². The third-order valence-electron chi connectivity index (χ3n) is 6.44. The number of esters is 1. The van der Waals surface area contributed by atoms with Crippen LogP contribution in [0.5, 0.6) is 5.75 Å². The van der Waals surface area contributed by atoms with E-state index in [2.05, 4.69) is 5.32 Å². The average molecular weight is 514 g/mol. The number of phenols is 1. The SMILES string of the molecule is CC(C)(CC(O)(CC(=O)Nc1ccc2c(c1)COC2=O)Cc1cc(F)ccc1F)c1cc(F)ccc1O. The molecule has 3 aromatic rings. The minimum Gasteiger partial charge on any atom is -0.508 e. The summed E-state index contributed by atoms with van der Waals surface area (Å²) in [6.45, 7) is 3.36. The van der Waals surface area contributed by atoms with E-state index in [4.69, 9.17) is 4.74 Å². The van der Waals surface area contributed by atoms with E-state index in [0.717, 1.165) is 30.3 Å². The molecular formula is C28H26F3NO5. The molecule has 3 N–H and O–H groups in total. The van der Waals surface area contributed by atoms with Gasteiger partial charge in [0.15, 0.2) is 0 Å². The van der Waals surface area contributed by atoms with Crippen LogP contribution >= 0.6 is 0 Å². The van der Waals surface area contributed by atoms with Crippen LogP contribution in [0, 0.1) is 17.5 Å². The highest BCUT2D eigenvalue weighted by atomic mass is 19.1. The number of benzene rings is 3. The smallest absolute Gasteiger partial charge is 0.338 e. The minimum absolute atomic E-state index is 0.0754. The van der Waals surface area contributed by atoms with Crippen molar-refractivity contribution in [3.8, 4) is 5.75 Å². The Kier molecular flexibility index (Phi) is 7.01. The van der Waals surface area contributed by atoms with Crippen LogP contribution in [0.2, 0.25) is 0 Å². The Bertz CT molecular complexity index is 1370. The Morgan fingerprint density at radius 2 is 1.73 bits per heavy atom. The van der Waals surface area contributed by atoms with E-state index in [1.165, 1.54) is 18.2 Å². The van der Waals surface area contributed by atoms with Crippen LogP contribution in [-0.2, 0) is 28.0 Å². The summed E-state index contributed by atoms with van der Waals surface area (Å²) in [5.41, 5.74) is -1.58. The number of aromatic hydroxyl groups is 1. The molecule has 1 atom stereocenters. The minimum atomic E-state index is -1.92. The number of cyclic esters (lactones) is 1. The van der Waals surface area contributed by atoms with Crippen molar-refractivity contribution in [2.75, 3.05) is 5.32 Å². The van der Waals surface area contributed by atoms with E-state index in [1.54, 1.807) is 19.9 Å². The first-order valence-corrected chi connectivity index (χ1v) is 11.6. The average Bonchev–Trinajstić information content (AvgIpc) is 3.17. The lowest BCUT2D eigenvalue weighted by molar-refractivity contribution is -0.121. The lowest BCUT2D eigenvalue weighted by atomic mass is 9.72. The number of fused-ring (bicyclic) bond motifs is 1. The van der Waals surface area contributed by atoms with Crippen LogP contribution in [-0.4, -0.2) is 27.7 Å². The zero-order chi connectivity index (χ0) is 27.0. The maximum atomic E-state index is 14.5. The molecule has 3 aromatic carbocycles. The Balaban J connectivity index is 1.62. The highest BCUT2D eigenvalue weighted by Crippen LogP contribution is 2.40. The quantitative estimate of drug-likeness (QED) is 0.362. The zero-order valence-electron chi connectivity index (χ0n) is 20.3. The first kappa shape index (κ1) is 26.2. The van der Waals surface area contributed by atoms with Gasteiger partial charge in [0.1, 0.15) is 29.8 Å². The third kappa shape index (κ3) is 5.94. The van der Waals surface area contributed by atoms with E-state index in [0.29, 0.717) is 16.8 Å². The summed E-state index contributed by atoms with van der Waals surface area (Å²) in [6.07, 6.45) is -1.14. The second-order valence-electron chi connectivity index (χ2n) is 10.0. The molecule has 37 heavy (non-hydrogen) atoms. The van der Waals surface area contributed by atoms with Crippen LogP contribution in [0.1, 0.15) is 53.7 Å². The molecule has 194 valence electrons. The number of anilines is 1. The van der Waals surface area contributed by atoms with Crippen molar-refractivity contribution in [2.45, 2.75) is 50.7 Å². The van der Waals surface area contributed by atoms with Crippen LogP contribution in [0.15, 0.2) is 54.6 Å². The Morgan fingerprint density at radius 1 is 1.03 bits per heavy atom. The molecule has 1 amide bonds. The van der Waals surface area contributed by atoms with Gasteiger partial charge in [0.2, 0.25) is 5.91 Å². The van der Waals surface area contributed by atoms with Gasteiger partial charge < -0.3 is 20.3 Å². The molecular weight excluding hydrogens is 487 g/mol. The number of hydrogen-bond donors (Lipinski definition) is 3. The van der Waals surface area contributed by atoms with Gasteiger partial charge >= 0.3 is 5.97 Å². The molecule has 0 aliphatic carbocycles. The number of hydrogen-bond acceptors (Lipinski definition) is 5. The molecule has 0 spiro atoms. The van der Waals surface area contributed by atoms with Gasteiger partial charge in [-0.1, -0.05) is 13.8 Å². The number of rotatable bonds is 8. The van der Waals surface area contributed by atoms with Crippen molar-refractivity contribution in [1.29, 1.82) is 0 Å². The van der Waals surface area contributed by atoms with Crippen molar-refractivity contribution in [3.05, 3.63) is 94.3 Å². The summed E-state index contributed by atoms with van der Waals surface area (Å²) in [6, 6.07) is 10.9. The van der Waals surface area contributed by atoms with Gasteiger partial charge in [-0.05, 0) is 72.0 Å². The normalized spacial score (nSPS) is 14.6. The zero-order valence-corrected chi connectivity index (χ0v) is 20.3. The summed E-state index contributed by atoms with van der Waals surface area (Å²) in [4.78, 5) is 24.7. The van der Waals surface area contributed by atoms with Gasteiger partial charge in [-0.2, -0.15) is 0 Å². The van der Waals surface area contributed by atoms with Gasteiger partial charge in [-0.3, -0.25) is 4.79 Å². The second kappa shape index (κ2) is 9.89. The maximum Gasteiger partial charge on any atom is 0.338 e. The Morgan fingerprint density at radius 3 is 2.49 bits per heavy atom. The molecule has 1 heterocycles. The van der Waals surface area contributed by atoms with Crippen LogP contribution in [0.25, 0.3) is 0 Å². The fourth-order valence-electron chi connectivity index (χ4n) is 4.90. The first-order chi connectivity index (χ1) is 17.3. The van der Waals surface area contributed by atoms with Gasteiger partial charge in [0.05, 0.1) is 17.6 Å². The summed E-state index contributed by atoms with van der Waals surface area (Å²) < 4.78 is 47.3. The summed E-state index contributed by atoms with van der Waals surface area (Å²) >= 11 is 0. The van der Waals surface area contributed by atoms with E-state index in [9.17, 15) is 33.0 Å².